The van der Waals surface area contributed by atoms with Crippen LogP contribution in [0, 0.1) is 0 Å². The van der Waals surface area contributed by atoms with E-state index < -0.39 is 6.10 Å². The molecule has 0 aliphatic carbocycles. The van der Waals surface area contributed by atoms with Crippen LogP contribution in [0.25, 0.3) is 0 Å². The molecule has 0 radical (unpaired) electrons. The molecule has 0 fully saturated rings. The van der Waals surface area contributed by atoms with Crippen molar-refractivity contribution in [2.75, 3.05) is 13.2 Å². The molecule has 382 valence electrons. The summed E-state index contributed by atoms with van der Waals surface area (Å²) in [5.74, 6) is -1.06. The molecule has 0 aliphatic rings. The van der Waals surface area contributed by atoms with Crippen LogP contribution in [0.4, 0.5) is 0 Å². The summed E-state index contributed by atoms with van der Waals surface area (Å²) in [6.07, 6.45) is 77.3. The van der Waals surface area contributed by atoms with Crippen molar-refractivity contribution in [3.8, 4) is 0 Å². The quantitative estimate of drug-likeness (QED) is 0.0262. The number of ether oxygens (including phenoxy) is 3. The van der Waals surface area contributed by atoms with E-state index >= 15 is 0 Å². The van der Waals surface area contributed by atoms with Crippen LogP contribution in [0.5, 0.6) is 0 Å². The molecule has 0 aromatic rings. The Morgan fingerprint density at radius 3 is 0.956 bits per heavy atom. The molecule has 0 N–H and O–H groups in total. The van der Waals surface area contributed by atoms with Gasteiger partial charge in [-0.1, -0.05) is 206 Å². The number of hydrogen-bond acceptors (Lipinski definition) is 6. The zero-order valence-electron chi connectivity index (χ0n) is 43.6. The standard InChI is InChI=1S/C62H98O6/c1-4-7-10-13-16-19-22-25-28-31-34-37-40-43-46-49-52-55-61(64)67-58-59(57-66-60(63)54-51-48-45-42-39-36-33-30-27-24-21-18-15-12-9-6-3)68-62(65)56-53-50-47-44-41-38-35-32-29-26-23-20-17-14-11-8-5-2/h9,12,16-21,25-30,34-35,37-38,43-44,46-47,59H,4-8,10-11,13-15,22-24,31-33,36,39-42,45,48-58H2,1-3H3/b12-9-,19-16-,20-17-,21-18-,28-25-,29-26-,30-27-,37-34-,38-35-,46-43-,47-44-. The van der Waals surface area contributed by atoms with Crippen molar-refractivity contribution >= 4 is 17.9 Å². The number of esters is 3. The van der Waals surface area contributed by atoms with Gasteiger partial charge in [-0.2, -0.15) is 0 Å². The highest BCUT2D eigenvalue weighted by atomic mass is 16.6. The number of hydrogen-bond donors (Lipinski definition) is 0. The summed E-state index contributed by atoms with van der Waals surface area (Å²) in [7, 11) is 0. The fourth-order valence-corrected chi connectivity index (χ4v) is 6.79. The van der Waals surface area contributed by atoms with Gasteiger partial charge in [0.2, 0.25) is 0 Å². The Balaban J connectivity index is 4.61. The second-order valence-electron chi connectivity index (χ2n) is 17.4. The van der Waals surface area contributed by atoms with Crippen LogP contribution in [0.15, 0.2) is 134 Å². The summed E-state index contributed by atoms with van der Waals surface area (Å²) < 4.78 is 16.7. The first-order valence-corrected chi connectivity index (χ1v) is 27.2. The fourth-order valence-electron chi connectivity index (χ4n) is 6.79. The van der Waals surface area contributed by atoms with Crippen molar-refractivity contribution in [2.24, 2.45) is 0 Å². The lowest BCUT2D eigenvalue weighted by atomic mass is 10.1. The molecule has 0 spiro atoms. The number of carbonyl (C=O) groups excluding carboxylic acids is 3. The third-order valence-corrected chi connectivity index (χ3v) is 10.9. The van der Waals surface area contributed by atoms with Gasteiger partial charge in [0.1, 0.15) is 13.2 Å². The third-order valence-electron chi connectivity index (χ3n) is 10.9. The Kier molecular flexibility index (Phi) is 51.5. The predicted octanol–water partition coefficient (Wildman–Crippen LogP) is 18.3. The van der Waals surface area contributed by atoms with Crippen molar-refractivity contribution in [3.63, 3.8) is 0 Å². The minimum Gasteiger partial charge on any atom is -0.462 e. The molecule has 0 saturated carbocycles. The number of rotatable bonds is 47. The van der Waals surface area contributed by atoms with Gasteiger partial charge in [-0.15, -0.1) is 0 Å². The summed E-state index contributed by atoms with van der Waals surface area (Å²) in [4.78, 5) is 38.1. The SMILES string of the molecule is CC/C=C\C/C=C\C/C=C\CCCCCCCCC(=O)OCC(COC(=O)CCC/C=C\C/C=C\C/C=C\C/C=C\CCCCC)OC(=O)CCC/C=C\C/C=C\C/C=C\C/C=C\CCCCC. The first-order chi connectivity index (χ1) is 33.5. The molecule has 0 rings (SSSR count). The lowest BCUT2D eigenvalue weighted by molar-refractivity contribution is -0.167. The molecule has 68 heavy (non-hydrogen) atoms. The zero-order chi connectivity index (χ0) is 49.3. The predicted molar refractivity (Wildman–Crippen MR) is 292 cm³/mol. The second-order valence-corrected chi connectivity index (χ2v) is 17.4. The van der Waals surface area contributed by atoms with Crippen molar-refractivity contribution in [2.45, 2.75) is 226 Å². The molecule has 1 unspecified atom stereocenters. The van der Waals surface area contributed by atoms with E-state index in [0.717, 1.165) is 103 Å². The van der Waals surface area contributed by atoms with Gasteiger partial charge in [-0.3, -0.25) is 14.4 Å². The van der Waals surface area contributed by atoms with Crippen LogP contribution in [0.2, 0.25) is 0 Å². The van der Waals surface area contributed by atoms with Crippen molar-refractivity contribution < 1.29 is 28.6 Å². The minimum atomic E-state index is -0.839. The summed E-state index contributed by atoms with van der Waals surface area (Å²) in [5, 5.41) is 0. The fraction of sp³-hybridized carbons (Fsp3) is 0.597. The molecular weight excluding hydrogens is 841 g/mol. The Morgan fingerprint density at radius 1 is 0.309 bits per heavy atom. The van der Waals surface area contributed by atoms with Crippen LogP contribution >= 0.6 is 0 Å². The Morgan fingerprint density at radius 2 is 0.588 bits per heavy atom. The van der Waals surface area contributed by atoms with E-state index in [1.165, 1.54) is 64.2 Å². The van der Waals surface area contributed by atoms with E-state index in [1.54, 1.807) is 0 Å². The molecule has 0 aliphatic heterocycles. The summed E-state index contributed by atoms with van der Waals surface area (Å²) >= 11 is 0. The lowest BCUT2D eigenvalue weighted by Gasteiger charge is -2.18. The van der Waals surface area contributed by atoms with Crippen LogP contribution < -0.4 is 0 Å². The summed E-state index contributed by atoms with van der Waals surface area (Å²) in [5.41, 5.74) is 0. The van der Waals surface area contributed by atoms with Crippen molar-refractivity contribution in [3.05, 3.63) is 134 Å². The van der Waals surface area contributed by atoms with Crippen LogP contribution in [0.3, 0.4) is 0 Å². The van der Waals surface area contributed by atoms with Crippen molar-refractivity contribution in [1.29, 1.82) is 0 Å². The van der Waals surface area contributed by atoms with E-state index in [9.17, 15) is 14.4 Å². The Hall–Kier alpha value is -4.45. The average Bonchev–Trinajstić information content (AvgIpc) is 3.34. The van der Waals surface area contributed by atoms with Gasteiger partial charge in [0.25, 0.3) is 0 Å². The highest BCUT2D eigenvalue weighted by molar-refractivity contribution is 5.71. The van der Waals surface area contributed by atoms with E-state index in [1.807, 2.05) is 0 Å². The first kappa shape index (κ1) is 63.5. The van der Waals surface area contributed by atoms with Crippen LogP contribution in [-0.2, 0) is 28.6 Å². The van der Waals surface area contributed by atoms with E-state index in [0.29, 0.717) is 19.3 Å². The Labute approximate surface area is 417 Å². The summed E-state index contributed by atoms with van der Waals surface area (Å²) in [6, 6.07) is 0. The third kappa shape index (κ3) is 52.5. The molecule has 0 bridgehead atoms. The molecule has 0 saturated heterocycles. The number of unbranched alkanes of at least 4 members (excludes halogenated alkanes) is 14. The topological polar surface area (TPSA) is 78.9 Å². The largest absolute Gasteiger partial charge is 0.462 e. The molecule has 0 aromatic heterocycles. The highest BCUT2D eigenvalue weighted by Gasteiger charge is 2.19. The maximum absolute atomic E-state index is 12.8. The molecule has 6 heteroatoms. The van der Waals surface area contributed by atoms with Gasteiger partial charge in [0.15, 0.2) is 6.10 Å². The molecular formula is C62H98O6. The van der Waals surface area contributed by atoms with Crippen LogP contribution in [0.1, 0.15) is 220 Å². The normalized spacial score (nSPS) is 13.2. The molecule has 1 atom stereocenters. The average molecular weight is 939 g/mol. The van der Waals surface area contributed by atoms with Crippen molar-refractivity contribution in [1.82, 2.24) is 0 Å². The van der Waals surface area contributed by atoms with Crippen LogP contribution in [-0.4, -0.2) is 37.2 Å². The van der Waals surface area contributed by atoms with E-state index in [4.69, 9.17) is 14.2 Å². The van der Waals surface area contributed by atoms with Gasteiger partial charge < -0.3 is 14.2 Å². The molecule has 0 aromatic carbocycles. The highest BCUT2D eigenvalue weighted by Crippen LogP contribution is 2.12. The molecule has 6 nitrogen and oxygen atoms in total. The van der Waals surface area contributed by atoms with E-state index in [2.05, 4.69) is 154 Å². The van der Waals surface area contributed by atoms with Gasteiger partial charge in [0.05, 0.1) is 0 Å². The van der Waals surface area contributed by atoms with Gasteiger partial charge in [0, 0.05) is 19.3 Å². The maximum Gasteiger partial charge on any atom is 0.306 e. The zero-order valence-corrected chi connectivity index (χ0v) is 43.6. The lowest BCUT2D eigenvalue weighted by Crippen LogP contribution is -2.30. The number of carbonyl (C=O) groups is 3. The Bertz CT molecular complexity index is 1500. The van der Waals surface area contributed by atoms with Gasteiger partial charge >= 0.3 is 17.9 Å². The summed E-state index contributed by atoms with van der Waals surface area (Å²) in [6.45, 7) is 6.35. The van der Waals surface area contributed by atoms with Gasteiger partial charge in [-0.25, -0.2) is 0 Å². The van der Waals surface area contributed by atoms with Gasteiger partial charge in [-0.05, 0) is 128 Å². The first-order valence-electron chi connectivity index (χ1n) is 27.2. The molecule has 0 heterocycles. The number of allylic oxidation sites excluding steroid dienone is 22. The minimum absolute atomic E-state index is 0.129. The maximum atomic E-state index is 12.8. The monoisotopic (exact) mass is 939 g/mol. The smallest absolute Gasteiger partial charge is 0.306 e. The second kappa shape index (κ2) is 55.1. The molecule has 0 amide bonds. The van der Waals surface area contributed by atoms with E-state index in [-0.39, 0.29) is 44.0 Å².